The number of aliphatic hydroxyl groups is 2. The maximum atomic E-state index is 12.9. The summed E-state index contributed by atoms with van der Waals surface area (Å²) in [4.78, 5) is 54.7. The largest absolute Gasteiger partial charge is 0.396 e. The molecule has 0 spiro atoms. The number of amides is 2. The van der Waals surface area contributed by atoms with E-state index in [0.717, 1.165) is 0 Å². The third kappa shape index (κ3) is 8.99. The van der Waals surface area contributed by atoms with Gasteiger partial charge in [0.1, 0.15) is 0 Å². The van der Waals surface area contributed by atoms with Crippen molar-refractivity contribution in [2.75, 3.05) is 39.4 Å². The van der Waals surface area contributed by atoms with E-state index in [0.29, 0.717) is 35.6 Å². The number of aromatic nitrogens is 2. The van der Waals surface area contributed by atoms with Gasteiger partial charge in [-0.3, -0.25) is 29.0 Å². The van der Waals surface area contributed by atoms with Crippen molar-refractivity contribution >= 4 is 24.0 Å². The summed E-state index contributed by atoms with van der Waals surface area (Å²) in [5.41, 5.74) is 1.53. The summed E-state index contributed by atoms with van der Waals surface area (Å²) in [5.74, 6) is -3.17. The Morgan fingerprint density at radius 3 is 1.34 bits per heavy atom. The molecule has 8 atom stereocenters. The third-order valence-electron chi connectivity index (χ3n) is 11.7. The number of rotatable bonds is 12. The molecule has 320 valence electrons. The lowest BCUT2D eigenvalue weighted by Gasteiger charge is -2.38. The molecule has 0 unspecified atom stereocenters. The average Bonchev–Trinajstić information content (AvgIpc) is 3.52. The van der Waals surface area contributed by atoms with Crippen LogP contribution in [0.15, 0.2) is 46.0 Å². The molecule has 6 rings (SSSR count). The van der Waals surface area contributed by atoms with Crippen LogP contribution in [0, 0.1) is 23.7 Å². The van der Waals surface area contributed by atoms with Crippen molar-refractivity contribution in [3.8, 4) is 0 Å². The number of nitrogens with one attached hydrogen (secondary N) is 2. The predicted octanol–water partition coefficient (Wildman–Crippen LogP) is 3.87. The summed E-state index contributed by atoms with van der Waals surface area (Å²) >= 11 is 0. The van der Waals surface area contributed by atoms with Gasteiger partial charge in [0, 0.05) is 98.9 Å². The van der Waals surface area contributed by atoms with Crippen LogP contribution in [0.25, 0.3) is 12.2 Å². The molecule has 0 aliphatic carbocycles. The van der Waals surface area contributed by atoms with Gasteiger partial charge in [0.05, 0.1) is 36.8 Å². The second kappa shape index (κ2) is 18.3. The number of aliphatic hydroxyl groups excluding tert-OH is 2. The molecule has 2 saturated heterocycles. The molecule has 0 radical (unpaired) electrons. The van der Waals surface area contributed by atoms with Crippen molar-refractivity contribution in [3.05, 3.63) is 79.6 Å². The van der Waals surface area contributed by atoms with Gasteiger partial charge in [0.25, 0.3) is 11.1 Å². The standard InChI is InChI=1S/2C20H26F3N3O3/c2*1-3-5-12-6-7-14-17-16(18(28)24-4-2)13(11-27)15(10-26(14)19(12)29)25(17)9-8-20(21,22)23/h2*3,5-7,13,15-17,27H,4,8-11H2,1-2H3,(H,24,28)/b5-3+;5-3-/t2*13-,15-,16+,17+/m11/s1. The number of allylic oxidation sites excluding steroid dienone is 2. The maximum absolute atomic E-state index is 12.9. The quantitative estimate of drug-likeness (QED) is 0.236. The molecule has 0 saturated carbocycles. The van der Waals surface area contributed by atoms with E-state index in [1.807, 2.05) is 0 Å². The first-order chi connectivity index (χ1) is 27.5. The highest BCUT2D eigenvalue weighted by Gasteiger charge is 2.57. The van der Waals surface area contributed by atoms with E-state index >= 15 is 0 Å². The molecule has 2 aromatic heterocycles. The lowest BCUT2D eigenvalue weighted by molar-refractivity contribution is -0.141. The number of carbonyl (C=O) groups is 2. The van der Waals surface area contributed by atoms with Gasteiger partial charge < -0.3 is 30.0 Å². The molecule has 6 heterocycles. The van der Waals surface area contributed by atoms with Crippen LogP contribution in [-0.2, 0) is 22.7 Å². The van der Waals surface area contributed by atoms with Crippen LogP contribution in [0.2, 0.25) is 0 Å². The highest BCUT2D eigenvalue weighted by molar-refractivity contribution is 5.81. The zero-order valence-electron chi connectivity index (χ0n) is 32.9. The van der Waals surface area contributed by atoms with Crippen molar-refractivity contribution in [1.82, 2.24) is 29.6 Å². The van der Waals surface area contributed by atoms with E-state index in [9.17, 15) is 55.7 Å². The number of fused-ring (bicyclic) bond motifs is 8. The van der Waals surface area contributed by atoms with Gasteiger partial charge >= 0.3 is 12.4 Å². The van der Waals surface area contributed by atoms with E-state index < -0.39 is 73.0 Å². The van der Waals surface area contributed by atoms with Crippen LogP contribution in [0.4, 0.5) is 26.3 Å². The zero-order valence-corrected chi connectivity index (χ0v) is 32.9. The summed E-state index contributed by atoms with van der Waals surface area (Å²) in [6, 6.07) is 4.28. The number of hydrogen-bond donors (Lipinski definition) is 4. The minimum absolute atomic E-state index is 0.148. The smallest absolute Gasteiger partial charge is 0.390 e. The van der Waals surface area contributed by atoms with Gasteiger partial charge in [-0.05, 0) is 52.0 Å². The van der Waals surface area contributed by atoms with E-state index in [-0.39, 0.29) is 62.3 Å². The zero-order chi connectivity index (χ0) is 42.7. The van der Waals surface area contributed by atoms with Crippen LogP contribution in [-0.4, -0.2) is 105 Å². The first-order valence-electron chi connectivity index (χ1n) is 19.6. The fourth-order valence-electron chi connectivity index (χ4n) is 9.40. The Morgan fingerprint density at radius 1 is 0.690 bits per heavy atom. The third-order valence-corrected chi connectivity index (χ3v) is 11.7. The number of halogens is 6. The van der Waals surface area contributed by atoms with E-state index in [2.05, 4.69) is 10.6 Å². The summed E-state index contributed by atoms with van der Waals surface area (Å²) in [6.07, 6.45) is -3.85. The van der Waals surface area contributed by atoms with Gasteiger partial charge in [0.2, 0.25) is 11.8 Å². The molecule has 2 amide bonds. The molecule has 4 N–H and O–H groups in total. The van der Waals surface area contributed by atoms with E-state index in [4.69, 9.17) is 0 Å². The number of carbonyl (C=O) groups excluding carboxylic acids is 2. The predicted molar refractivity (Wildman–Crippen MR) is 204 cm³/mol. The monoisotopic (exact) mass is 826 g/mol. The summed E-state index contributed by atoms with van der Waals surface area (Å²) in [6.45, 7) is 6.91. The molecule has 0 aromatic carbocycles. The van der Waals surface area contributed by atoms with Crippen molar-refractivity contribution in [2.24, 2.45) is 23.7 Å². The molecule has 4 aliphatic heterocycles. The lowest BCUT2D eigenvalue weighted by Crippen LogP contribution is -2.47. The summed E-state index contributed by atoms with van der Waals surface area (Å²) in [5, 5.41) is 25.5. The van der Waals surface area contributed by atoms with Crippen LogP contribution in [0.1, 0.15) is 75.1 Å². The van der Waals surface area contributed by atoms with Gasteiger partial charge in [-0.2, -0.15) is 26.3 Å². The Labute approximate surface area is 332 Å². The highest BCUT2D eigenvalue weighted by Crippen LogP contribution is 2.50. The van der Waals surface area contributed by atoms with Crippen molar-refractivity contribution in [3.63, 3.8) is 0 Å². The normalized spacial score (nSPS) is 26.7. The van der Waals surface area contributed by atoms with Crippen molar-refractivity contribution < 1.29 is 46.1 Å². The molecule has 4 aliphatic rings. The van der Waals surface area contributed by atoms with Crippen molar-refractivity contribution in [2.45, 2.75) is 90.1 Å². The SMILES string of the molecule is C/C=C/c1ccc2n(c1=O)C[C@@H]1[C@@H](CO)[C@H](C(=O)NCC)[C@H]2N1CCC(F)(F)F.C/C=C\c1ccc2n(c1=O)C[C@@H]1[C@@H](CO)[C@H](C(=O)NCC)[C@H]2N1CCC(F)(F)F. The van der Waals surface area contributed by atoms with Crippen LogP contribution in [0.5, 0.6) is 0 Å². The highest BCUT2D eigenvalue weighted by atomic mass is 19.4. The number of hydrogen-bond acceptors (Lipinski definition) is 8. The topological polar surface area (TPSA) is 149 Å². The molecule has 4 bridgehead atoms. The van der Waals surface area contributed by atoms with Crippen molar-refractivity contribution in [1.29, 1.82) is 0 Å². The molecular formula is C40H52F6N6O6. The Balaban J connectivity index is 0.000000221. The summed E-state index contributed by atoms with van der Waals surface area (Å²) in [7, 11) is 0. The Hall–Kier alpha value is -4.26. The minimum atomic E-state index is -4.33. The molecule has 12 nitrogen and oxygen atoms in total. The second-order valence-electron chi connectivity index (χ2n) is 15.0. The number of nitrogens with zero attached hydrogens (tertiary/aromatic N) is 4. The first-order valence-corrected chi connectivity index (χ1v) is 19.6. The van der Waals surface area contributed by atoms with Gasteiger partial charge in [-0.15, -0.1) is 0 Å². The Kier molecular flexibility index (Phi) is 14.2. The molecular weight excluding hydrogens is 774 g/mol. The molecule has 18 heteroatoms. The lowest BCUT2D eigenvalue weighted by atomic mass is 9.86. The number of pyridine rings is 2. The van der Waals surface area contributed by atoms with E-state index in [1.165, 1.54) is 0 Å². The van der Waals surface area contributed by atoms with Crippen LogP contribution < -0.4 is 21.8 Å². The minimum Gasteiger partial charge on any atom is -0.396 e. The first kappa shape index (κ1) is 44.8. The van der Waals surface area contributed by atoms with Gasteiger partial charge in [0.15, 0.2) is 0 Å². The Morgan fingerprint density at radius 2 is 1.05 bits per heavy atom. The summed E-state index contributed by atoms with van der Waals surface area (Å²) < 4.78 is 80.6. The van der Waals surface area contributed by atoms with Crippen LogP contribution in [0.3, 0.4) is 0 Å². The van der Waals surface area contributed by atoms with Gasteiger partial charge in [-0.25, -0.2) is 0 Å². The second-order valence-corrected chi connectivity index (χ2v) is 15.0. The van der Waals surface area contributed by atoms with Gasteiger partial charge in [-0.1, -0.05) is 24.3 Å². The fourth-order valence-corrected chi connectivity index (χ4v) is 9.40. The fraction of sp³-hybridized carbons (Fsp3) is 0.600. The average molecular weight is 827 g/mol. The Bertz CT molecular complexity index is 1840. The number of alkyl halides is 6. The van der Waals surface area contributed by atoms with E-state index in [1.54, 1.807) is 95.2 Å². The molecule has 2 aromatic rings. The molecule has 2 fully saturated rings. The van der Waals surface area contributed by atoms with Crippen LogP contribution >= 0.6 is 0 Å². The maximum Gasteiger partial charge on any atom is 0.390 e. The molecule has 58 heavy (non-hydrogen) atoms.